The van der Waals surface area contributed by atoms with Crippen LogP contribution in [0.2, 0.25) is 0 Å². The van der Waals surface area contributed by atoms with E-state index in [9.17, 15) is 4.79 Å². The van der Waals surface area contributed by atoms with Crippen LogP contribution in [0, 0.1) is 0 Å². The lowest BCUT2D eigenvalue weighted by Gasteiger charge is -2.03. The molecule has 0 aliphatic rings. The Morgan fingerprint density at radius 1 is 1.04 bits per heavy atom. The fourth-order valence-electron chi connectivity index (χ4n) is 2.64. The first kappa shape index (κ1) is 21.9. The highest BCUT2D eigenvalue weighted by Crippen LogP contribution is 2.11. The molecular weight excluding hydrogens is 324 g/mol. The zero-order chi connectivity index (χ0) is 18.9. The first-order valence-corrected chi connectivity index (χ1v) is 9.92. The molecule has 0 aliphatic heterocycles. The van der Waals surface area contributed by atoms with E-state index in [0.717, 1.165) is 24.2 Å². The number of benzene rings is 1. The van der Waals surface area contributed by atoms with Gasteiger partial charge in [0.15, 0.2) is 0 Å². The number of nitrogens with zero attached hydrogens (tertiary/aromatic N) is 1. The van der Waals surface area contributed by atoms with Gasteiger partial charge in [0.25, 0.3) is 0 Å². The first-order chi connectivity index (χ1) is 12.8. The van der Waals surface area contributed by atoms with Gasteiger partial charge in [0.2, 0.25) is 5.91 Å². The quantitative estimate of drug-likeness (QED) is 0.191. The summed E-state index contributed by atoms with van der Waals surface area (Å²) in [5, 5.41) is 4.01. The Morgan fingerprint density at radius 2 is 1.65 bits per heavy atom. The molecule has 1 amide bonds. The molecule has 0 atom stereocenters. The Kier molecular flexibility index (Phi) is 12.8. The van der Waals surface area contributed by atoms with Gasteiger partial charge in [0.05, 0.1) is 6.21 Å². The first-order valence-electron chi connectivity index (χ1n) is 9.92. The van der Waals surface area contributed by atoms with Gasteiger partial charge in [-0.15, -0.1) is 0 Å². The van der Waals surface area contributed by atoms with Gasteiger partial charge in [-0.2, -0.15) is 5.10 Å². The second-order valence-electron chi connectivity index (χ2n) is 6.54. The number of carbonyl (C=O) groups is 1. The average molecular weight is 359 g/mol. The van der Waals surface area contributed by atoms with Crippen molar-refractivity contribution < 1.29 is 9.53 Å². The maximum absolute atomic E-state index is 11.8. The summed E-state index contributed by atoms with van der Waals surface area (Å²) in [5.74, 6) is 0.770. The number of ether oxygens (including phenoxy) is 1. The fraction of sp³-hybridized carbons (Fsp3) is 0.545. The van der Waals surface area contributed by atoms with Crippen LogP contribution in [0.3, 0.4) is 0 Å². The van der Waals surface area contributed by atoms with E-state index in [2.05, 4.69) is 24.0 Å². The van der Waals surface area contributed by atoms with Gasteiger partial charge in [-0.3, -0.25) is 4.79 Å². The molecule has 4 heteroatoms. The normalized spacial score (nSPS) is 10.8. The zero-order valence-corrected chi connectivity index (χ0v) is 16.2. The molecule has 0 heterocycles. The molecule has 144 valence electrons. The van der Waals surface area contributed by atoms with Crippen molar-refractivity contribution in [3.05, 3.63) is 42.5 Å². The van der Waals surface area contributed by atoms with Crippen LogP contribution in [0.5, 0.6) is 5.75 Å². The molecule has 1 aromatic rings. The van der Waals surface area contributed by atoms with Crippen LogP contribution in [-0.4, -0.2) is 18.7 Å². The molecule has 0 radical (unpaired) electrons. The summed E-state index contributed by atoms with van der Waals surface area (Å²) >= 11 is 0. The standard InChI is InChI=1S/C22H34N2O2/c1-3-5-6-7-8-9-10-11-12-13-22(25)24-23-19-20-14-16-21(17-15-20)26-18-4-2/h4,14-17,19H,2-3,5-13,18H2,1H3,(H,24,25). The molecule has 0 aliphatic carbocycles. The van der Waals surface area contributed by atoms with Crippen molar-refractivity contribution in [3.63, 3.8) is 0 Å². The van der Waals surface area contributed by atoms with Crippen molar-refractivity contribution in [2.75, 3.05) is 6.61 Å². The minimum Gasteiger partial charge on any atom is -0.490 e. The smallest absolute Gasteiger partial charge is 0.240 e. The van der Waals surface area contributed by atoms with Crippen molar-refractivity contribution in [1.82, 2.24) is 5.43 Å². The number of amides is 1. The molecule has 4 nitrogen and oxygen atoms in total. The molecule has 0 fully saturated rings. The van der Waals surface area contributed by atoms with E-state index in [1.165, 1.54) is 44.9 Å². The highest BCUT2D eigenvalue weighted by molar-refractivity contribution is 5.82. The van der Waals surface area contributed by atoms with Gasteiger partial charge in [-0.25, -0.2) is 5.43 Å². The Balaban J connectivity index is 2.06. The highest BCUT2D eigenvalue weighted by Gasteiger charge is 1.99. The molecule has 0 unspecified atom stereocenters. The third kappa shape index (κ3) is 11.5. The van der Waals surface area contributed by atoms with Crippen molar-refractivity contribution in [2.24, 2.45) is 5.10 Å². The largest absolute Gasteiger partial charge is 0.490 e. The van der Waals surface area contributed by atoms with E-state index < -0.39 is 0 Å². The summed E-state index contributed by atoms with van der Waals surface area (Å²) in [5.41, 5.74) is 3.51. The Bertz CT molecular complexity index is 523. The second-order valence-corrected chi connectivity index (χ2v) is 6.54. The lowest BCUT2D eigenvalue weighted by molar-refractivity contribution is -0.121. The number of hydrogen-bond donors (Lipinski definition) is 1. The highest BCUT2D eigenvalue weighted by atomic mass is 16.5. The van der Waals surface area contributed by atoms with Crippen LogP contribution < -0.4 is 10.2 Å². The third-order valence-electron chi connectivity index (χ3n) is 4.16. The number of hydrazone groups is 1. The molecule has 0 aromatic heterocycles. The van der Waals surface area contributed by atoms with E-state index in [1.54, 1.807) is 12.3 Å². The Hall–Kier alpha value is -2.10. The molecular formula is C22H34N2O2. The van der Waals surface area contributed by atoms with Gasteiger partial charge in [0, 0.05) is 6.42 Å². The molecule has 1 N–H and O–H groups in total. The fourth-order valence-corrected chi connectivity index (χ4v) is 2.64. The van der Waals surface area contributed by atoms with E-state index in [0.29, 0.717) is 13.0 Å². The lowest BCUT2D eigenvalue weighted by Crippen LogP contribution is -2.16. The predicted molar refractivity (Wildman–Crippen MR) is 110 cm³/mol. The summed E-state index contributed by atoms with van der Waals surface area (Å²) in [6.07, 6.45) is 15.2. The van der Waals surface area contributed by atoms with Gasteiger partial charge < -0.3 is 4.74 Å². The van der Waals surface area contributed by atoms with Crippen molar-refractivity contribution >= 4 is 12.1 Å². The maximum atomic E-state index is 11.8. The minimum absolute atomic E-state index is 0.0184. The molecule has 1 aromatic carbocycles. The second kappa shape index (κ2) is 15.2. The number of carbonyl (C=O) groups excluding carboxylic acids is 1. The van der Waals surface area contributed by atoms with Crippen LogP contribution in [0.1, 0.15) is 76.7 Å². The maximum Gasteiger partial charge on any atom is 0.240 e. The van der Waals surface area contributed by atoms with Crippen LogP contribution >= 0.6 is 0 Å². The van der Waals surface area contributed by atoms with Crippen LogP contribution in [0.25, 0.3) is 0 Å². The minimum atomic E-state index is -0.0184. The summed E-state index contributed by atoms with van der Waals surface area (Å²) in [6, 6.07) is 7.53. The van der Waals surface area contributed by atoms with Crippen molar-refractivity contribution in [2.45, 2.75) is 71.1 Å². The lowest BCUT2D eigenvalue weighted by atomic mass is 10.1. The third-order valence-corrected chi connectivity index (χ3v) is 4.16. The van der Waals surface area contributed by atoms with E-state index in [4.69, 9.17) is 4.74 Å². The molecule has 0 spiro atoms. The monoisotopic (exact) mass is 358 g/mol. The Labute approximate surface area is 158 Å². The van der Waals surface area contributed by atoms with Gasteiger partial charge in [-0.1, -0.05) is 70.9 Å². The number of rotatable bonds is 15. The summed E-state index contributed by atoms with van der Waals surface area (Å²) < 4.78 is 5.42. The molecule has 26 heavy (non-hydrogen) atoms. The summed E-state index contributed by atoms with van der Waals surface area (Å²) in [7, 11) is 0. The summed E-state index contributed by atoms with van der Waals surface area (Å²) in [4.78, 5) is 11.8. The zero-order valence-electron chi connectivity index (χ0n) is 16.2. The average Bonchev–Trinajstić information content (AvgIpc) is 2.66. The van der Waals surface area contributed by atoms with Gasteiger partial charge in [0.1, 0.15) is 12.4 Å². The molecule has 0 saturated carbocycles. The van der Waals surface area contributed by atoms with Gasteiger partial charge in [-0.05, 0) is 36.2 Å². The predicted octanol–water partition coefficient (Wildman–Crippen LogP) is 5.62. The van der Waals surface area contributed by atoms with Crippen LogP contribution in [0.15, 0.2) is 42.0 Å². The SMILES string of the molecule is C=CCOc1ccc(C=NNC(=O)CCCCCCCCCCC)cc1. The number of hydrogen-bond acceptors (Lipinski definition) is 3. The molecule has 0 saturated heterocycles. The van der Waals surface area contributed by atoms with Crippen LogP contribution in [0.4, 0.5) is 0 Å². The topological polar surface area (TPSA) is 50.7 Å². The van der Waals surface area contributed by atoms with Crippen molar-refractivity contribution in [3.8, 4) is 5.75 Å². The van der Waals surface area contributed by atoms with E-state index >= 15 is 0 Å². The Morgan fingerprint density at radius 3 is 2.27 bits per heavy atom. The van der Waals surface area contributed by atoms with E-state index in [-0.39, 0.29) is 5.91 Å². The van der Waals surface area contributed by atoms with E-state index in [1.807, 2.05) is 24.3 Å². The van der Waals surface area contributed by atoms with Crippen molar-refractivity contribution in [1.29, 1.82) is 0 Å². The number of unbranched alkanes of at least 4 members (excludes halogenated alkanes) is 8. The molecule has 0 bridgehead atoms. The summed E-state index contributed by atoms with van der Waals surface area (Å²) in [6.45, 7) is 6.34. The van der Waals surface area contributed by atoms with Crippen LogP contribution in [-0.2, 0) is 4.79 Å². The van der Waals surface area contributed by atoms with Gasteiger partial charge >= 0.3 is 0 Å². The molecule has 1 rings (SSSR count). The number of nitrogens with one attached hydrogen (secondary N) is 1.